The van der Waals surface area contributed by atoms with Gasteiger partial charge in [0, 0.05) is 43.1 Å². The quantitative estimate of drug-likeness (QED) is 0.684. The van der Waals surface area contributed by atoms with Gasteiger partial charge in [-0.1, -0.05) is 6.07 Å². The fraction of sp³-hybridized carbons (Fsp3) is 0.333. The molecule has 4 rings (SSSR count). The molecule has 1 heterocycles. The average Bonchev–Trinajstić information content (AvgIpc) is 3.33. The topological polar surface area (TPSA) is 118 Å². The Balaban J connectivity index is 1.47. The molecule has 2 aromatic carbocycles. The largest absolute Gasteiger partial charge is 0.448 e. The standard InChI is InChI=1S/C21H21N3O5S/c22-11-4-12-23-30(26,27)17-6-3-5-15(13-17)20(25)24-16-7-8-18-19(14-16)29-21(28-18)9-1-2-10-21/h3,5-8,13-14,23H,1-2,4,9-10,12H2,(H,24,25). The van der Waals surface area contributed by atoms with Gasteiger partial charge >= 0.3 is 0 Å². The van der Waals surface area contributed by atoms with Crippen LogP contribution in [0.5, 0.6) is 11.5 Å². The number of nitrogens with zero attached hydrogens (tertiary/aromatic N) is 1. The summed E-state index contributed by atoms with van der Waals surface area (Å²) in [6.45, 7) is 0.00788. The van der Waals surface area contributed by atoms with Crippen LogP contribution in [0.4, 0.5) is 5.69 Å². The number of benzene rings is 2. The van der Waals surface area contributed by atoms with E-state index in [0.29, 0.717) is 17.2 Å². The fourth-order valence-corrected chi connectivity index (χ4v) is 4.70. The van der Waals surface area contributed by atoms with E-state index >= 15 is 0 Å². The summed E-state index contributed by atoms with van der Waals surface area (Å²) < 4.78 is 38.9. The third kappa shape index (κ3) is 4.10. The fourth-order valence-electron chi connectivity index (χ4n) is 3.62. The van der Waals surface area contributed by atoms with Crippen LogP contribution < -0.4 is 19.5 Å². The number of nitrogens with one attached hydrogen (secondary N) is 2. The van der Waals surface area contributed by atoms with E-state index < -0.39 is 21.7 Å². The van der Waals surface area contributed by atoms with Gasteiger partial charge in [0.15, 0.2) is 11.5 Å². The van der Waals surface area contributed by atoms with E-state index in [-0.39, 0.29) is 23.4 Å². The first-order valence-electron chi connectivity index (χ1n) is 9.71. The molecule has 1 amide bonds. The maximum absolute atomic E-state index is 12.7. The van der Waals surface area contributed by atoms with E-state index in [9.17, 15) is 13.2 Å². The van der Waals surface area contributed by atoms with Gasteiger partial charge in [-0.15, -0.1) is 0 Å². The zero-order chi connectivity index (χ0) is 21.2. The molecule has 0 radical (unpaired) electrons. The molecule has 0 aromatic heterocycles. The molecule has 0 saturated heterocycles. The maximum atomic E-state index is 12.7. The minimum absolute atomic E-state index is 0.00788. The molecule has 1 aliphatic carbocycles. The first kappa shape index (κ1) is 20.2. The van der Waals surface area contributed by atoms with Crippen molar-refractivity contribution >= 4 is 21.6 Å². The van der Waals surface area contributed by atoms with Gasteiger partial charge in [-0.25, -0.2) is 13.1 Å². The Morgan fingerprint density at radius 2 is 1.87 bits per heavy atom. The van der Waals surface area contributed by atoms with Crippen molar-refractivity contribution in [2.24, 2.45) is 0 Å². The minimum Gasteiger partial charge on any atom is -0.448 e. The number of fused-ring (bicyclic) bond motifs is 1. The second-order valence-corrected chi connectivity index (χ2v) is 9.04. The maximum Gasteiger partial charge on any atom is 0.255 e. The highest BCUT2D eigenvalue weighted by atomic mass is 32.2. The first-order chi connectivity index (χ1) is 14.4. The lowest BCUT2D eigenvalue weighted by atomic mass is 10.2. The second kappa shape index (κ2) is 7.97. The summed E-state index contributed by atoms with van der Waals surface area (Å²) in [4.78, 5) is 12.6. The summed E-state index contributed by atoms with van der Waals surface area (Å²) >= 11 is 0. The molecule has 0 atom stereocenters. The van der Waals surface area contributed by atoms with Crippen molar-refractivity contribution in [2.45, 2.75) is 42.8 Å². The molecule has 30 heavy (non-hydrogen) atoms. The van der Waals surface area contributed by atoms with Gasteiger partial charge in [0.25, 0.3) is 11.7 Å². The van der Waals surface area contributed by atoms with Crippen LogP contribution in [-0.4, -0.2) is 26.7 Å². The normalized spacial score (nSPS) is 16.4. The average molecular weight is 427 g/mol. The predicted octanol–water partition coefficient (Wildman–Crippen LogP) is 3.17. The second-order valence-electron chi connectivity index (χ2n) is 7.27. The van der Waals surface area contributed by atoms with Crippen molar-refractivity contribution in [1.29, 1.82) is 5.26 Å². The molecule has 2 aromatic rings. The predicted molar refractivity (Wildman–Crippen MR) is 109 cm³/mol. The van der Waals surface area contributed by atoms with Crippen LogP contribution in [0.25, 0.3) is 0 Å². The Morgan fingerprint density at radius 1 is 1.10 bits per heavy atom. The molecular weight excluding hydrogens is 406 g/mol. The van der Waals surface area contributed by atoms with Gasteiger partial charge in [0.05, 0.1) is 11.0 Å². The zero-order valence-corrected chi connectivity index (χ0v) is 17.0. The molecule has 1 fully saturated rings. The van der Waals surface area contributed by atoms with Gasteiger partial charge < -0.3 is 14.8 Å². The van der Waals surface area contributed by atoms with Crippen molar-refractivity contribution in [3.8, 4) is 17.6 Å². The van der Waals surface area contributed by atoms with Crippen LogP contribution in [0.15, 0.2) is 47.4 Å². The lowest BCUT2D eigenvalue weighted by Crippen LogP contribution is -2.34. The smallest absolute Gasteiger partial charge is 0.255 e. The highest BCUT2D eigenvalue weighted by molar-refractivity contribution is 7.89. The van der Waals surface area contributed by atoms with Crippen molar-refractivity contribution in [3.63, 3.8) is 0 Å². The van der Waals surface area contributed by atoms with Gasteiger partial charge in [0.1, 0.15) is 0 Å². The molecule has 9 heteroatoms. The number of carbonyl (C=O) groups excluding carboxylic acids is 1. The van der Waals surface area contributed by atoms with E-state index in [4.69, 9.17) is 14.7 Å². The Kier molecular flexibility index (Phi) is 5.37. The van der Waals surface area contributed by atoms with Crippen LogP contribution >= 0.6 is 0 Å². The molecule has 2 aliphatic rings. The number of hydrogen-bond donors (Lipinski definition) is 2. The van der Waals surface area contributed by atoms with E-state index in [2.05, 4.69) is 10.0 Å². The Morgan fingerprint density at radius 3 is 2.63 bits per heavy atom. The molecule has 1 spiro atoms. The van der Waals surface area contributed by atoms with Crippen LogP contribution in [-0.2, 0) is 10.0 Å². The molecule has 1 saturated carbocycles. The van der Waals surface area contributed by atoms with E-state index in [1.54, 1.807) is 18.2 Å². The number of hydrogen-bond acceptors (Lipinski definition) is 6. The SMILES string of the molecule is N#CCCNS(=O)(=O)c1cccc(C(=O)Nc2ccc3c(c2)OC2(CCCC2)O3)c1. The summed E-state index contributed by atoms with van der Waals surface area (Å²) in [5.74, 6) is 0.226. The Bertz CT molecular complexity index is 1120. The van der Waals surface area contributed by atoms with E-state index in [1.165, 1.54) is 24.3 Å². The molecule has 8 nitrogen and oxygen atoms in total. The van der Waals surface area contributed by atoms with Crippen molar-refractivity contribution in [3.05, 3.63) is 48.0 Å². The molecular formula is C21H21N3O5S. The summed E-state index contributed by atoms with van der Waals surface area (Å²) in [7, 11) is -3.80. The van der Waals surface area contributed by atoms with Crippen LogP contribution in [0.1, 0.15) is 42.5 Å². The molecule has 0 unspecified atom stereocenters. The highest BCUT2D eigenvalue weighted by Crippen LogP contribution is 2.47. The molecule has 1 aliphatic heterocycles. The van der Waals surface area contributed by atoms with E-state index in [0.717, 1.165) is 25.7 Å². The van der Waals surface area contributed by atoms with Crippen molar-refractivity contribution in [2.75, 3.05) is 11.9 Å². The number of anilines is 1. The third-order valence-corrected chi connectivity index (χ3v) is 6.55. The van der Waals surface area contributed by atoms with Gasteiger partial charge in [-0.2, -0.15) is 5.26 Å². The van der Waals surface area contributed by atoms with Crippen LogP contribution in [0.3, 0.4) is 0 Å². The number of nitriles is 1. The lowest BCUT2D eigenvalue weighted by molar-refractivity contribution is -0.0716. The van der Waals surface area contributed by atoms with Gasteiger partial charge in [-0.3, -0.25) is 4.79 Å². The number of rotatable bonds is 6. The summed E-state index contributed by atoms with van der Waals surface area (Å²) in [5, 5.41) is 11.3. The molecule has 156 valence electrons. The minimum atomic E-state index is -3.80. The zero-order valence-electron chi connectivity index (χ0n) is 16.2. The number of sulfonamides is 1. The number of amides is 1. The third-order valence-electron chi connectivity index (χ3n) is 5.09. The summed E-state index contributed by atoms with van der Waals surface area (Å²) in [6.07, 6.45) is 3.86. The number of carbonyl (C=O) groups is 1. The van der Waals surface area contributed by atoms with Crippen LogP contribution in [0, 0.1) is 11.3 Å². The Hall–Kier alpha value is -3.09. The van der Waals surface area contributed by atoms with E-state index in [1.807, 2.05) is 6.07 Å². The lowest BCUT2D eigenvalue weighted by Gasteiger charge is -2.21. The van der Waals surface area contributed by atoms with Crippen LogP contribution in [0.2, 0.25) is 0 Å². The highest BCUT2D eigenvalue weighted by Gasteiger charge is 2.44. The summed E-state index contributed by atoms with van der Waals surface area (Å²) in [6, 6.07) is 12.8. The number of ether oxygens (including phenoxy) is 2. The monoisotopic (exact) mass is 427 g/mol. The molecule has 0 bridgehead atoms. The van der Waals surface area contributed by atoms with Crippen molar-refractivity contribution in [1.82, 2.24) is 4.72 Å². The summed E-state index contributed by atoms with van der Waals surface area (Å²) in [5.41, 5.74) is 0.723. The van der Waals surface area contributed by atoms with Crippen molar-refractivity contribution < 1.29 is 22.7 Å². The first-order valence-corrected chi connectivity index (χ1v) is 11.2. The molecule has 2 N–H and O–H groups in total. The Labute approximate surface area is 174 Å². The van der Waals surface area contributed by atoms with Gasteiger partial charge in [-0.05, 0) is 43.2 Å². The van der Waals surface area contributed by atoms with Gasteiger partial charge in [0.2, 0.25) is 10.0 Å².